The molecule has 1 saturated heterocycles. The van der Waals surface area contributed by atoms with Crippen molar-refractivity contribution in [3.8, 4) is 0 Å². The van der Waals surface area contributed by atoms with Crippen LogP contribution in [0.5, 0.6) is 0 Å². The van der Waals surface area contributed by atoms with E-state index >= 15 is 0 Å². The summed E-state index contributed by atoms with van der Waals surface area (Å²) in [5, 5.41) is 12.4. The van der Waals surface area contributed by atoms with E-state index in [-0.39, 0.29) is 5.92 Å². The summed E-state index contributed by atoms with van der Waals surface area (Å²) in [6, 6.07) is -0.800. The number of aliphatic hydroxyl groups is 1. The first-order valence-electron chi connectivity index (χ1n) is 6.34. The second-order valence-corrected chi connectivity index (χ2v) is 6.49. The molecular formula is C13H23NO5. The lowest BCUT2D eigenvalue weighted by atomic mass is 9.88. The highest BCUT2D eigenvalue weighted by atomic mass is 16.6. The van der Waals surface area contributed by atoms with E-state index in [0.29, 0.717) is 0 Å². The molecule has 0 radical (unpaired) electrons. The molecule has 0 bridgehead atoms. The van der Waals surface area contributed by atoms with Gasteiger partial charge in [0.15, 0.2) is 0 Å². The lowest BCUT2D eigenvalue weighted by Crippen LogP contribution is -2.47. The zero-order valence-electron chi connectivity index (χ0n) is 12.3. The molecule has 0 aromatic heterocycles. The van der Waals surface area contributed by atoms with Gasteiger partial charge in [-0.25, -0.2) is 9.59 Å². The van der Waals surface area contributed by atoms with Gasteiger partial charge in [0, 0.05) is 5.92 Å². The predicted molar refractivity (Wildman–Crippen MR) is 68.5 cm³/mol. The molecule has 1 amide bonds. The van der Waals surface area contributed by atoms with Gasteiger partial charge in [-0.1, -0.05) is 6.92 Å². The van der Waals surface area contributed by atoms with Crippen molar-refractivity contribution in [3.63, 3.8) is 0 Å². The van der Waals surface area contributed by atoms with Crippen LogP contribution in [-0.2, 0) is 14.3 Å². The molecule has 2 N–H and O–H groups in total. The molecule has 1 aliphatic rings. The molecule has 0 aromatic carbocycles. The second-order valence-electron chi connectivity index (χ2n) is 6.49. The van der Waals surface area contributed by atoms with Gasteiger partial charge in [0.05, 0.1) is 5.60 Å². The van der Waals surface area contributed by atoms with Crippen LogP contribution >= 0.6 is 0 Å². The Labute approximate surface area is 113 Å². The average molecular weight is 273 g/mol. The number of carbonyl (C=O) groups excluding carboxylic acids is 2. The van der Waals surface area contributed by atoms with E-state index in [1.54, 1.807) is 41.5 Å². The number of esters is 1. The van der Waals surface area contributed by atoms with Crippen LogP contribution < -0.4 is 5.32 Å². The van der Waals surface area contributed by atoms with Crippen LogP contribution in [0.2, 0.25) is 0 Å². The van der Waals surface area contributed by atoms with Crippen LogP contribution in [-0.4, -0.2) is 40.5 Å². The summed E-state index contributed by atoms with van der Waals surface area (Å²) in [6.07, 6.45) is -1.32. The maximum Gasteiger partial charge on any atom is 0.408 e. The number of rotatable bonds is 2. The van der Waals surface area contributed by atoms with E-state index in [2.05, 4.69) is 5.32 Å². The molecule has 1 aliphatic heterocycles. The molecule has 3 atom stereocenters. The number of ether oxygens (including phenoxy) is 2. The summed E-state index contributed by atoms with van der Waals surface area (Å²) in [6.45, 7) is 10.1. The first-order chi connectivity index (χ1) is 8.42. The molecule has 0 aliphatic carbocycles. The minimum atomic E-state index is -1.15. The zero-order valence-corrected chi connectivity index (χ0v) is 12.3. The topological polar surface area (TPSA) is 84.9 Å². The molecule has 0 unspecified atom stereocenters. The van der Waals surface area contributed by atoms with Gasteiger partial charge in [-0.3, -0.25) is 0 Å². The molecule has 1 rings (SSSR count). The van der Waals surface area contributed by atoms with Gasteiger partial charge in [-0.05, 0) is 34.6 Å². The van der Waals surface area contributed by atoms with Crippen LogP contribution in [0, 0.1) is 5.92 Å². The standard InChI is InChI=1S/C13H23NO5/c1-7-8(14-11(16)19-12(2,3)4)10(15)18-9(7)13(5,6)17/h7-9,17H,1-6H3,(H,14,16)/t7-,8-,9-/m0/s1. The van der Waals surface area contributed by atoms with E-state index < -0.39 is 35.4 Å². The van der Waals surface area contributed by atoms with Gasteiger partial charge < -0.3 is 19.9 Å². The van der Waals surface area contributed by atoms with Crippen molar-refractivity contribution < 1.29 is 24.2 Å². The van der Waals surface area contributed by atoms with Crippen LogP contribution in [0.1, 0.15) is 41.5 Å². The molecule has 110 valence electrons. The highest BCUT2D eigenvalue weighted by molar-refractivity contribution is 5.83. The van der Waals surface area contributed by atoms with Gasteiger partial charge in [0.2, 0.25) is 0 Å². The lowest BCUT2D eigenvalue weighted by molar-refractivity contribution is -0.152. The third-order valence-electron chi connectivity index (χ3n) is 2.87. The highest BCUT2D eigenvalue weighted by Crippen LogP contribution is 2.30. The minimum Gasteiger partial charge on any atom is -0.457 e. The van der Waals surface area contributed by atoms with E-state index in [0.717, 1.165) is 0 Å². The third-order valence-corrected chi connectivity index (χ3v) is 2.87. The number of amides is 1. The first kappa shape index (κ1) is 15.8. The Kier molecular flexibility index (Phi) is 4.14. The summed E-state index contributed by atoms with van der Waals surface area (Å²) in [4.78, 5) is 23.4. The van der Waals surface area contributed by atoms with Crippen molar-refractivity contribution in [3.05, 3.63) is 0 Å². The molecule has 0 spiro atoms. The number of hydrogen-bond acceptors (Lipinski definition) is 5. The Morgan fingerprint density at radius 3 is 2.21 bits per heavy atom. The molecule has 1 fully saturated rings. The van der Waals surface area contributed by atoms with Crippen molar-refractivity contribution in [2.45, 2.75) is 64.9 Å². The Bertz CT molecular complexity index is 366. The Morgan fingerprint density at radius 2 is 1.84 bits per heavy atom. The van der Waals surface area contributed by atoms with Crippen LogP contribution in [0.15, 0.2) is 0 Å². The van der Waals surface area contributed by atoms with Crippen molar-refractivity contribution in [1.29, 1.82) is 0 Å². The normalized spacial score (nSPS) is 27.9. The number of nitrogens with one attached hydrogen (secondary N) is 1. The monoisotopic (exact) mass is 273 g/mol. The number of carbonyl (C=O) groups is 2. The maximum absolute atomic E-state index is 11.7. The number of cyclic esters (lactones) is 1. The molecule has 19 heavy (non-hydrogen) atoms. The molecule has 6 heteroatoms. The van der Waals surface area contributed by atoms with Gasteiger partial charge in [0.25, 0.3) is 0 Å². The summed E-state index contributed by atoms with van der Waals surface area (Å²) in [5.41, 5.74) is -1.79. The van der Waals surface area contributed by atoms with Crippen LogP contribution in [0.3, 0.4) is 0 Å². The van der Waals surface area contributed by atoms with Gasteiger partial charge in [0.1, 0.15) is 17.7 Å². The summed E-state index contributed by atoms with van der Waals surface area (Å²) < 4.78 is 10.2. The fourth-order valence-electron chi connectivity index (χ4n) is 2.11. The SMILES string of the molecule is C[C@H]1[C@H](NC(=O)OC(C)(C)C)C(=O)O[C@@H]1C(C)(C)O. The maximum atomic E-state index is 11.7. The van der Waals surface area contributed by atoms with Crippen LogP contribution in [0.25, 0.3) is 0 Å². The van der Waals surface area contributed by atoms with E-state index in [1.807, 2.05) is 0 Å². The Hall–Kier alpha value is -1.30. The minimum absolute atomic E-state index is 0.333. The lowest BCUT2D eigenvalue weighted by Gasteiger charge is -2.28. The summed E-state index contributed by atoms with van der Waals surface area (Å²) in [5.74, 6) is -0.884. The zero-order chi connectivity index (χ0) is 15.0. The molecule has 0 saturated carbocycles. The fraction of sp³-hybridized carbons (Fsp3) is 0.846. The first-order valence-corrected chi connectivity index (χ1v) is 6.34. The smallest absolute Gasteiger partial charge is 0.408 e. The molecular weight excluding hydrogens is 250 g/mol. The second kappa shape index (κ2) is 5.00. The fourth-order valence-corrected chi connectivity index (χ4v) is 2.11. The van der Waals surface area contributed by atoms with Gasteiger partial charge >= 0.3 is 12.1 Å². The van der Waals surface area contributed by atoms with Gasteiger partial charge in [-0.2, -0.15) is 0 Å². The Balaban J connectivity index is 2.70. The highest BCUT2D eigenvalue weighted by Gasteiger charge is 2.49. The van der Waals surface area contributed by atoms with E-state index in [4.69, 9.17) is 9.47 Å². The largest absolute Gasteiger partial charge is 0.457 e. The predicted octanol–water partition coefficient (Wildman–Crippen LogP) is 1.21. The summed E-state index contributed by atoms with van der Waals surface area (Å²) in [7, 11) is 0. The van der Waals surface area contributed by atoms with Crippen molar-refractivity contribution >= 4 is 12.1 Å². The van der Waals surface area contributed by atoms with Crippen molar-refractivity contribution in [2.75, 3.05) is 0 Å². The molecule has 1 heterocycles. The molecule has 0 aromatic rings. The summed E-state index contributed by atoms with van der Waals surface area (Å²) >= 11 is 0. The third kappa shape index (κ3) is 4.09. The van der Waals surface area contributed by atoms with Gasteiger partial charge in [-0.15, -0.1) is 0 Å². The average Bonchev–Trinajstić information content (AvgIpc) is 2.41. The molecule has 6 nitrogen and oxygen atoms in total. The van der Waals surface area contributed by atoms with Crippen molar-refractivity contribution in [2.24, 2.45) is 5.92 Å². The van der Waals surface area contributed by atoms with E-state index in [1.165, 1.54) is 0 Å². The number of hydrogen-bond donors (Lipinski definition) is 2. The quantitative estimate of drug-likeness (QED) is 0.739. The number of alkyl carbamates (subject to hydrolysis) is 1. The van der Waals surface area contributed by atoms with E-state index in [9.17, 15) is 14.7 Å². The van der Waals surface area contributed by atoms with Crippen LogP contribution in [0.4, 0.5) is 4.79 Å². The Morgan fingerprint density at radius 1 is 1.32 bits per heavy atom. The van der Waals surface area contributed by atoms with Crippen molar-refractivity contribution in [1.82, 2.24) is 5.32 Å².